The summed E-state index contributed by atoms with van der Waals surface area (Å²) in [5.41, 5.74) is -1.76. The van der Waals surface area contributed by atoms with Crippen LogP contribution in [0.2, 0.25) is 0 Å². The number of carbonyl (C=O) groups is 2. The van der Waals surface area contributed by atoms with E-state index >= 15 is 0 Å². The van der Waals surface area contributed by atoms with Crippen LogP contribution in [0.25, 0.3) is 0 Å². The van der Waals surface area contributed by atoms with Gasteiger partial charge < -0.3 is 9.84 Å². The van der Waals surface area contributed by atoms with Crippen LogP contribution in [-0.4, -0.2) is 40.8 Å². The van der Waals surface area contributed by atoms with Crippen molar-refractivity contribution in [2.75, 3.05) is 13.1 Å². The van der Waals surface area contributed by atoms with Crippen molar-refractivity contribution in [3.8, 4) is 0 Å². The molecular formula is C10H16NO4. The Morgan fingerprint density at radius 1 is 1.33 bits per heavy atom. The number of hydrogen-bond donors (Lipinski definition) is 1. The first-order valence-electron chi connectivity index (χ1n) is 5.00. The molecule has 1 aliphatic rings. The highest BCUT2D eigenvalue weighted by Crippen LogP contribution is 2.22. The van der Waals surface area contributed by atoms with Crippen molar-refractivity contribution in [1.29, 1.82) is 0 Å². The second-order valence-corrected chi connectivity index (χ2v) is 3.73. The fourth-order valence-corrected chi connectivity index (χ4v) is 1.74. The van der Waals surface area contributed by atoms with Crippen LogP contribution in [-0.2, 0) is 14.3 Å². The molecule has 1 rings (SSSR count). The van der Waals surface area contributed by atoms with Crippen LogP contribution in [0.15, 0.2) is 0 Å². The molecular weight excluding hydrogens is 198 g/mol. The summed E-state index contributed by atoms with van der Waals surface area (Å²) in [6, 6.07) is 0. The van der Waals surface area contributed by atoms with Crippen molar-refractivity contribution >= 4 is 11.9 Å². The molecule has 0 saturated carbocycles. The van der Waals surface area contributed by atoms with Gasteiger partial charge in [0.2, 0.25) is 0 Å². The van der Waals surface area contributed by atoms with Gasteiger partial charge in [0.05, 0.1) is 0 Å². The zero-order valence-electron chi connectivity index (χ0n) is 8.86. The molecule has 5 nitrogen and oxygen atoms in total. The third-order valence-corrected chi connectivity index (χ3v) is 2.51. The maximum Gasteiger partial charge on any atom is 0.364 e. The summed E-state index contributed by atoms with van der Waals surface area (Å²) in [6.45, 7) is 5.90. The zero-order valence-corrected chi connectivity index (χ0v) is 8.86. The van der Waals surface area contributed by atoms with Crippen LogP contribution in [0.3, 0.4) is 0 Å². The second kappa shape index (κ2) is 4.61. The number of piperidine rings is 1. The number of likely N-dealkylation sites (tertiary alicyclic amines) is 1. The molecule has 0 aromatic rings. The van der Waals surface area contributed by atoms with Crippen molar-refractivity contribution < 1.29 is 19.4 Å². The number of esters is 1. The average Bonchev–Trinajstić information content (AvgIpc) is 2.17. The molecule has 1 N–H and O–H groups in total. The minimum Gasteiger partial charge on any atom is -0.477 e. The van der Waals surface area contributed by atoms with Gasteiger partial charge in [-0.25, -0.2) is 4.79 Å². The van der Waals surface area contributed by atoms with E-state index < -0.39 is 17.7 Å². The van der Waals surface area contributed by atoms with Gasteiger partial charge in [0.25, 0.3) is 5.72 Å². The van der Waals surface area contributed by atoms with Gasteiger partial charge in [-0.3, -0.25) is 9.69 Å². The normalized spacial score (nSPS) is 21.7. The lowest BCUT2D eigenvalue weighted by molar-refractivity contribution is -0.194. The molecule has 15 heavy (non-hydrogen) atoms. The molecule has 1 unspecified atom stereocenters. The largest absolute Gasteiger partial charge is 0.477 e. The molecule has 0 aromatic carbocycles. The fraction of sp³-hybridized carbons (Fsp3) is 0.700. The molecule has 85 valence electrons. The molecule has 1 saturated heterocycles. The van der Waals surface area contributed by atoms with Crippen molar-refractivity contribution in [2.45, 2.75) is 31.9 Å². The van der Waals surface area contributed by atoms with Crippen molar-refractivity contribution in [3.63, 3.8) is 0 Å². The molecule has 0 spiro atoms. The van der Waals surface area contributed by atoms with Gasteiger partial charge in [0.1, 0.15) is 0 Å². The summed E-state index contributed by atoms with van der Waals surface area (Å²) >= 11 is 0. The Balaban J connectivity index is 2.78. The number of carboxylic acids is 1. The van der Waals surface area contributed by atoms with E-state index in [-0.39, 0.29) is 0 Å². The highest BCUT2D eigenvalue weighted by Gasteiger charge is 2.43. The van der Waals surface area contributed by atoms with E-state index in [2.05, 4.69) is 6.92 Å². The van der Waals surface area contributed by atoms with E-state index in [1.54, 1.807) is 4.90 Å². The smallest absolute Gasteiger partial charge is 0.364 e. The van der Waals surface area contributed by atoms with E-state index in [9.17, 15) is 9.59 Å². The molecule has 0 bridgehead atoms. The number of ether oxygens (including phenoxy) is 1. The minimum absolute atomic E-state index is 0.600. The van der Waals surface area contributed by atoms with E-state index in [0.717, 1.165) is 19.3 Å². The number of aliphatic carboxylic acids is 1. The van der Waals surface area contributed by atoms with Crippen LogP contribution in [0.4, 0.5) is 0 Å². The lowest BCUT2D eigenvalue weighted by Crippen LogP contribution is -2.57. The molecule has 0 aliphatic carbocycles. The van der Waals surface area contributed by atoms with E-state index in [1.165, 1.54) is 6.92 Å². The molecule has 0 aromatic heterocycles. The third-order valence-electron chi connectivity index (χ3n) is 2.51. The molecule has 1 radical (unpaired) electrons. The van der Waals surface area contributed by atoms with Gasteiger partial charge in [-0.1, -0.05) is 6.42 Å². The number of hydrogen-bond acceptors (Lipinski definition) is 4. The topological polar surface area (TPSA) is 66.8 Å². The Kier molecular flexibility index (Phi) is 3.68. The number of carbonyl (C=O) groups excluding carboxylic acids is 1. The van der Waals surface area contributed by atoms with Gasteiger partial charge in [0, 0.05) is 26.9 Å². The Bertz CT molecular complexity index is 260. The van der Waals surface area contributed by atoms with E-state index in [4.69, 9.17) is 9.84 Å². The lowest BCUT2D eigenvalue weighted by Gasteiger charge is -2.38. The Morgan fingerprint density at radius 3 is 2.27 bits per heavy atom. The molecule has 1 fully saturated rings. The number of carboxylic acid groups (broad SMARTS) is 1. The molecule has 1 aliphatic heterocycles. The summed E-state index contributed by atoms with van der Waals surface area (Å²) in [5.74, 6) is -1.85. The van der Waals surface area contributed by atoms with E-state index in [1.807, 2.05) is 0 Å². The summed E-state index contributed by atoms with van der Waals surface area (Å²) in [6.07, 6.45) is 2.89. The predicted molar refractivity (Wildman–Crippen MR) is 52.9 cm³/mol. The fourth-order valence-electron chi connectivity index (χ4n) is 1.74. The maximum atomic E-state index is 11.1. The summed E-state index contributed by atoms with van der Waals surface area (Å²) in [4.78, 5) is 23.5. The van der Waals surface area contributed by atoms with Crippen molar-refractivity contribution in [2.24, 2.45) is 0 Å². The number of nitrogens with zero attached hydrogens (tertiary/aromatic N) is 1. The Morgan fingerprint density at radius 2 is 1.87 bits per heavy atom. The van der Waals surface area contributed by atoms with Crippen LogP contribution in [0.1, 0.15) is 26.2 Å². The number of rotatable bonds is 3. The Labute approximate surface area is 89.0 Å². The monoisotopic (exact) mass is 214 g/mol. The predicted octanol–water partition coefficient (Wildman–Crippen LogP) is 0.650. The minimum atomic E-state index is -1.76. The van der Waals surface area contributed by atoms with Gasteiger partial charge in [-0.2, -0.15) is 0 Å². The lowest BCUT2D eigenvalue weighted by atomic mass is 10.1. The maximum absolute atomic E-state index is 11.1. The van der Waals surface area contributed by atoms with Gasteiger partial charge >= 0.3 is 11.9 Å². The highest BCUT2D eigenvalue weighted by atomic mass is 16.6. The zero-order chi connectivity index (χ0) is 11.5. The molecule has 1 atom stereocenters. The third kappa shape index (κ3) is 2.68. The van der Waals surface area contributed by atoms with Crippen LogP contribution < -0.4 is 0 Å². The Hall–Kier alpha value is -1.10. The summed E-state index contributed by atoms with van der Waals surface area (Å²) in [5, 5.41) is 9.05. The highest BCUT2D eigenvalue weighted by molar-refractivity contribution is 5.81. The molecule has 1 heterocycles. The van der Waals surface area contributed by atoms with Crippen LogP contribution >= 0.6 is 0 Å². The van der Waals surface area contributed by atoms with Crippen LogP contribution in [0, 0.1) is 6.92 Å². The van der Waals surface area contributed by atoms with Crippen LogP contribution in [0.5, 0.6) is 0 Å². The molecule has 0 amide bonds. The SMILES string of the molecule is [CH2]C(OC(C)=O)(C(=O)O)N1CCCCC1. The van der Waals surface area contributed by atoms with Crippen molar-refractivity contribution in [1.82, 2.24) is 4.90 Å². The van der Waals surface area contributed by atoms with Crippen molar-refractivity contribution in [3.05, 3.63) is 6.92 Å². The van der Waals surface area contributed by atoms with E-state index in [0.29, 0.717) is 13.1 Å². The van der Waals surface area contributed by atoms with Gasteiger partial charge in [0.15, 0.2) is 0 Å². The summed E-state index contributed by atoms with van der Waals surface area (Å²) < 4.78 is 4.82. The molecule has 5 heteroatoms. The average molecular weight is 214 g/mol. The second-order valence-electron chi connectivity index (χ2n) is 3.73. The van der Waals surface area contributed by atoms with Gasteiger partial charge in [-0.15, -0.1) is 0 Å². The first kappa shape index (κ1) is 12.0. The summed E-state index contributed by atoms with van der Waals surface area (Å²) in [7, 11) is 0. The standard InChI is InChI=1S/C10H16NO4/c1-8(12)15-10(2,9(13)14)11-6-4-3-5-7-11/h2-7H2,1H3,(H,13,14). The van der Waals surface area contributed by atoms with Gasteiger partial charge in [-0.05, 0) is 12.8 Å². The quantitative estimate of drug-likeness (QED) is 0.699. The first-order valence-corrected chi connectivity index (χ1v) is 5.00. The first-order chi connectivity index (χ1) is 6.97.